The van der Waals surface area contributed by atoms with Crippen molar-refractivity contribution in [3.8, 4) is 0 Å². The number of aryl methyl sites for hydroxylation is 2. The van der Waals surface area contributed by atoms with E-state index in [0.717, 1.165) is 5.56 Å². The lowest BCUT2D eigenvalue weighted by Crippen LogP contribution is -2.23. The summed E-state index contributed by atoms with van der Waals surface area (Å²) in [7, 11) is 1.64. The van der Waals surface area contributed by atoms with Crippen LogP contribution in [-0.4, -0.2) is 10.5 Å². The maximum Gasteiger partial charge on any atom is 0.274 e. The van der Waals surface area contributed by atoms with Crippen LogP contribution in [0.25, 0.3) is 0 Å². The Morgan fingerprint density at radius 3 is 2.85 bits per heavy atom. The minimum absolute atomic E-state index is 0.187. The fraction of sp³-hybridized carbons (Fsp3) is 0.200. The maximum absolute atomic E-state index is 11.8. The molecular weight excluding hydrogens is 276 g/mol. The molecule has 0 atom stereocenters. The van der Waals surface area contributed by atoms with Crippen LogP contribution in [-0.2, 0) is 18.3 Å². The highest BCUT2D eigenvalue weighted by molar-refractivity contribution is 6.30. The van der Waals surface area contributed by atoms with Crippen molar-refractivity contribution >= 4 is 23.2 Å². The number of carbonyl (C=O) groups is 1. The Morgan fingerprint density at radius 1 is 1.30 bits per heavy atom. The van der Waals surface area contributed by atoms with E-state index >= 15 is 0 Å². The van der Waals surface area contributed by atoms with Gasteiger partial charge in [-0.1, -0.05) is 23.7 Å². The van der Waals surface area contributed by atoms with Crippen molar-refractivity contribution < 1.29 is 4.79 Å². The summed E-state index contributed by atoms with van der Waals surface area (Å²) < 4.78 is 1.42. The normalized spacial score (nSPS) is 10.3. The molecule has 1 aromatic carbocycles. The van der Waals surface area contributed by atoms with Gasteiger partial charge in [0.05, 0.1) is 0 Å². The molecule has 0 saturated carbocycles. The van der Waals surface area contributed by atoms with Gasteiger partial charge in [-0.3, -0.25) is 9.59 Å². The van der Waals surface area contributed by atoms with E-state index in [1.54, 1.807) is 31.4 Å². The van der Waals surface area contributed by atoms with Gasteiger partial charge < -0.3 is 9.88 Å². The number of rotatable bonds is 4. The largest absolute Gasteiger partial charge is 0.321 e. The second kappa shape index (κ2) is 6.39. The fourth-order valence-electron chi connectivity index (χ4n) is 1.86. The molecule has 4 nitrogen and oxygen atoms in total. The first-order valence-corrected chi connectivity index (χ1v) is 6.64. The minimum Gasteiger partial charge on any atom is -0.321 e. The summed E-state index contributed by atoms with van der Waals surface area (Å²) in [5, 5.41) is 3.28. The predicted octanol–water partition coefficient (Wildman–Crippen LogP) is 2.61. The second-order valence-electron chi connectivity index (χ2n) is 4.52. The van der Waals surface area contributed by atoms with Crippen molar-refractivity contribution in [3.63, 3.8) is 0 Å². The lowest BCUT2D eigenvalue weighted by atomic mass is 10.1. The third-order valence-corrected chi connectivity index (χ3v) is 3.16. The smallest absolute Gasteiger partial charge is 0.274 e. The molecule has 1 amide bonds. The van der Waals surface area contributed by atoms with Crippen LogP contribution < -0.4 is 10.9 Å². The van der Waals surface area contributed by atoms with E-state index in [4.69, 9.17) is 11.6 Å². The Bertz CT molecular complexity index is 680. The van der Waals surface area contributed by atoms with Gasteiger partial charge in [0.2, 0.25) is 5.91 Å². The van der Waals surface area contributed by atoms with Crippen LogP contribution in [0.2, 0.25) is 5.02 Å². The van der Waals surface area contributed by atoms with Crippen molar-refractivity contribution in [1.29, 1.82) is 0 Å². The maximum atomic E-state index is 11.8. The molecule has 104 valence electrons. The average Bonchev–Trinajstić information content (AvgIpc) is 2.42. The van der Waals surface area contributed by atoms with E-state index in [0.29, 0.717) is 23.6 Å². The molecule has 20 heavy (non-hydrogen) atoms. The van der Waals surface area contributed by atoms with Crippen LogP contribution in [0.3, 0.4) is 0 Å². The number of hydrogen-bond donors (Lipinski definition) is 1. The molecule has 0 aliphatic rings. The van der Waals surface area contributed by atoms with Crippen LogP contribution in [0.1, 0.15) is 12.0 Å². The number of aromatic nitrogens is 1. The summed E-state index contributed by atoms with van der Waals surface area (Å²) in [5.41, 5.74) is 1.07. The number of halogens is 1. The zero-order valence-corrected chi connectivity index (χ0v) is 11.9. The highest BCUT2D eigenvalue weighted by Crippen LogP contribution is 2.12. The number of hydrogen-bond acceptors (Lipinski definition) is 2. The first-order chi connectivity index (χ1) is 9.56. The molecule has 1 aromatic heterocycles. The number of nitrogens with one attached hydrogen (secondary N) is 1. The van der Waals surface area contributed by atoms with Crippen molar-refractivity contribution in [1.82, 2.24) is 4.57 Å². The highest BCUT2D eigenvalue weighted by atomic mass is 35.5. The SMILES string of the molecule is Cn1cccc(NC(=O)CCc2cccc(Cl)c2)c1=O. The molecule has 2 rings (SSSR count). The van der Waals surface area contributed by atoms with Crippen LogP contribution in [0.15, 0.2) is 47.4 Å². The molecule has 0 bridgehead atoms. The van der Waals surface area contributed by atoms with Crippen molar-refractivity contribution in [2.24, 2.45) is 7.05 Å². The molecule has 0 aliphatic carbocycles. The van der Waals surface area contributed by atoms with Gasteiger partial charge >= 0.3 is 0 Å². The summed E-state index contributed by atoms with van der Waals surface area (Å²) in [6.07, 6.45) is 2.53. The number of pyridine rings is 1. The molecule has 0 spiro atoms. The van der Waals surface area contributed by atoms with Gasteiger partial charge in [0, 0.05) is 24.7 Å². The van der Waals surface area contributed by atoms with Gasteiger partial charge in [0.1, 0.15) is 5.69 Å². The molecule has 0 saturated heterocycles. The summed E-state index contributed by atoms with van der Waals surface area (Å²) in [6.45, 7) is 0. The molecule has 1 N–H and O–H groups in total. The number of nitrogens with zero attached hydrogens (tertiary/aromatic N) is 1. The molecule has 0 fully saturated rings. The van der Waals surface area contributed by atoms with Crippen molar-refractivity contribution in [2.75, 3.05) is 5.32 Å². The van der Waals surface area contributed by atoms with Crippen LogP contribution in [0.5, 0.6) is 0 Å². The van der Waals surface area contributed by atoms with Crippen LogP contribution in [0.4, 0.5) is 5.69 Å². The Kier molecular flexibility index (Phi) is 4.58. The first-order valence-electron chi connectivity index (χ1n) is 6.26. The lowest BCUT2D eigenvalue weighted by Gasteiger charge is -2.06. The number of amides is 1. The lowest BCUT2D eigenvalue weighted by molar-refractivity contribution is -0.116. The standard InChI is InChI=1S/C15H15ClN2O2/c1-18-9-3-6-13(15(18)20)17-14(19)8-7-11-4-2-5-12(16)10-11/h2-6,9-10H,7-8H2,1H3,(H,17,19). The van der Waals surface area contributed by atoms with Gasteiger partial charge in [0.25, 0.3) is 5.56 Å². The van der Waals surface area contributed by atoms with Gasteiger partial charge in [-0.2, -0.15) is 0 Å². The topological polar surface area (TPSA) is 51.1 Å². The molecule has 2 aromatic rings. The molecule has 0 aliphatic heterocycles. The van der Waals surface area contributed by atoms with E-state index in [2.05, 4.69) is 5.32 Å². The second-order valence-corrected chi connectivity index (χ2v) is 4.95. The summed E-state index contributed by atoms with van der Waals surface area (Å²) in [6, 6.07) is 10.7. The zero-order chi connectivity index (χ0) is 14.5. The monoisotopic (exact) mass is 290 g/mol. The van der Waals surface area contributed by atoms with E-state index in [9.17, 15) is 9.59 Å². The third-order valence-electron chi connectivity index (χ3n) is 2.93. The third kappa shape index (κ3) is 3.71. The number of anilines is 1. The van der Waals surface area contributed by atoms with Gasteiger partial charge in [-0.15, -0.1) is 0 Å². The quantitative estimate of drug-likeness (QED) is 0.941. The van der Waals surface area contributed by atoms with E-state index < -0.39 is 0 Å². The van der Waals surface area contributed by atoms with E-state index in [1.807, 2.05) is 18.2 Å². The average molecular weight is 291 g/mol. The Morgan fingerprint density at radius 2 is 2.10 bits per heavy atom. The molecule has 5 heteroatoms. The molecule has 0 unspecified atom stereocenters. The summed E-state index contributed by atoms with van der Waals surface area (Å²) >= 11 is 5.88. The van der Waals surface area contributed by atoms with Gasteiger partial charge in [-0.05, 0) is 36.2 Å². The Labute approximate surface area is 122 Å². The fourth-order valence-corrected chi connectivity index (χ4v) is 2.07. The summed E-state index contributed by atoms with van der Waals surface area (Å²) in [5.74, 6) is -0.187. The van der Waals surface area contributed by atoms with Crippen LogP contribution >= 0.6 is 11.6 Å². The minimum atomic E-state index is -0.219. The summed E-state index contributed by atoms with van der Waals surface area (Å²) in [4.78, 5) is 23.6. The Hall–Kier alpha value is -2.07. The van der Waals surface area contributed by atoms with Crippen LogP contribution in [0, 0.1) is 0 Å². The predicted molar refractivity (Wildman–Crippen MR) is 80.1 cm³/mol. The van der Waals surface area contributed by atoms with Crippen molar-refractivity contribution in [2.45, 2.75) is 12.8 Å². The van der Waals surface area contributed by atoms with Gasteiger partial charge in [-0.25, -0.2) is 0 Å². The number of benzene rings is 1. The van der Waals surface area contributed by atoms with E-state index in [-0.39, 0.29) is 11.5 Å². The van der Waals surface area contributed by atoms with Crippen molar-refractivity contribution in [3.05, 3.63) is 63.5 Å². The molecule has 0 radical (unpaired) electrons. The molecular formula is C15H15ClN2O2. The Balaban J connectivity index is 1.96. The van der Waals surface area contributed by atoms with E-state index in [1.165, 1.54) is 4.57 Å². The first kappa shape index (κ1) is 14.3. The highest BCUT2D eigenvalue weighted by Gasteiger charge is 2.06. The molecule has 1 heterocycles. The number of carbonyl (C=O) groups excluding carboxylic acids is 1. The zero-order valence-electron chi connectivity index (χ0n) is 11.1. The van der Waals surface area contributed by atoms with Gasteiger partial charge in [0.15, 0.2) is 0 Å².